The second-order valence-electron chi connectivity index (χ2n) is 4.86. The lowest BCUT2D eigenvalue weighted by Gasteiger charge is -2.12. The summed E-state index contributed by atoms with van der Waals surface area (Å²) in [6, 6.07) is 8.05. The van der Waals surface area contributed by atoms with Crippen molar-refractivity contribution in [2.75, 3.05) is 20.2 Å². The largest absolute Gasteiger partial charge is 0.492 e. The van der Waals surface area contributed by atoms with Crippen molar-refractivity contribution < 1.29 is 4.74 Å². The predicted octanol–water partition coefficient (Wildman–Crippen LogP) is 3.12. The molecule has 0 unspecified atom stereocenters. The number of aromatic nitrogens is 1. The van der Waals surface area contributed by atoms with Crippen molar-refractivity contribution in [2.24, 2.45) is 4.99 Å². The van der Waals surface area contributed by atoms with Crippen molar-refractivity contribution in [3.05, 3.63) is 45.9 Å². The summed E-state index contributed by atoms with van der Waals surface area (Å²) in [4.78, 5) is 9.61. The van der Waals surface area contributed by atoms with Crippen molar-refractivity contribution in [1.29, 1.82) is 0 Å². The van der Waals surface area contributed by atoms with E-state index in [9.17, 15) is 0 Å². The zero-order valence-electron chi connectivity index (χ0n) is 13.6. The Morgan fingerprint density at radius 3 is 2.57 bits per heavy atom. The minimum atomic E-state index is 0. The van der Waals surface area contributed by atoms with Gasteiger partial charge < -0.3 is 15.4 Å². The normalized spacial score (nSPS) is 10.8. The number of halogens is 1. The highest BCUT2D eigenvalue weighted by Gasteiger charge is 2.01. The fourth-order valence-electron chi connectivity index (χ4n) is 1.85. The first-order valence-electron chi connectivity index (χ1n) is 7.22. The fourth-order valence-corrected chi connectivity index (χ4v) is 2.59. The van der Waals surface area contributed by atoms with Crippen LogP contribution in [0, 0.1) is 13.8 Å². The molecule has 0 saturated carbocycles. The molecule has 7 heteroatoms. The second-order valence-corrected chi connectivity index (χ2v) is 6.18. The van der Waals surface area contributed by atoms with Crippen molar-refractivity contribution in [3.63, 3.8) is 0 Å². The maximum absolute atomic E-state index is 5.67. The summed E-state index contributed by atoms with van der Waals surface area (Å²) < 4.78 is 5.67. The van der Waals surface area contributed by atoms with Gasteiger partial charge >= 0.3 is 0 Å². The van der Waals surface area contributed by atoms with E-state index in [4.69, 9.17) is 4.74 Å². The first kappa shape index (κ1) is 19.7. The summed E-state index contributed by atoms with van der Waals surface area (Å²) in [5, 5.41) is 7.56. The summed E-state index contributed by atoms with van der Waals surface area (Å²) in [6.45, 7) is 6.07. The number of benzene rings is 1. The van der Waals surface area contributed by atoms with Crippen molar-refractivity contribution in [1.82, 2.24) is 15.6 Å². The number of thiazole rings is 1. The van der Waals surface area contributed by atoms with Gasteiger partial charge in [0.15, 0.2) is 5.96 Å². The van der Waals surface area contributed by atoms with Crippen molar-refractivity contribution >= 4 is 41.3 Å². The van der Waals surface area contributed by atoms with Gasteiger partial charge in [0.1, 0.15) is 12.4 Å². The maximum Gasteiger partial charge on any atom is 0.191 e. The van der Waals surface area contributed by atoms with Gasteiger partial charge in [0.25, 0.3) is 0 Å². The average Bonchev–Trinajstić information content (AvgIpc) is 2.94. The molecule has 0 fully saturated rings. The highest BCUT2D eigenvalue weighted by molar-refractivity contribution is 14.0. The van der Waals surface area contributed by atoms with Crippen LogP contribution in [0.2, 0.25) is 0 Å². The summed E-state index contributed by atoms with van der Waals surface area (Å²) in [5.41, 5.74) is 1.23. The Bertz CT molecular complexity index is 613. The van der Waals surface area contributed by atoms with Crippen molar-refractivity contribution in [3.8, 4) is 5.75 Å². The first-order chi connectivity index (χ1) is 10.7. The monoisotopic (exact) mass is 446 g/mol. The molecule has 5 nitrogen and oxygen atoms in total. The van der Waals surface area contributed by atoms with E-state index in [1.54, 1.807) is 18.4 Å². The lowest BCUT2D eigenvalue weighted by molar-refractivity contribution is 0.322. The highest BCUT2D eigenvalue weighted by Crippen LogP contribution is 2.11. The molecule has 1 aromatic heterocycles. The number of aryl methyl sites for hydroxylation is 2. The summed E-state index contributed by atoms with van der Waals surface area (Å²) in [7, 11) is 1.76. The zero-order valence-corrected chi connectivity index (χ0v) is 16.8. The average molecular weight is 446 g/mol. The van der Waals surface area contributed by atoms with Gasteiger partial charge in [-0.25, -0.2) is 4.98 Å². The van der Waals surface area contributed by atoms with Crippen LogP contribution in [0.1, 0.15) is 15.4 Å². The quantitative estimate of drug-likeness (QED) is 0.310. The molecule has 0 spiro atoms. The SMILES string of the molecule is CN=C(NCCOc1ccc(C)cc1)NCc1cnc(C)s1.I. The van der Waals surface area contributed by atoms with E-state index >= 15 is 0 Å². The summed E-state index contributed by atoms with van der Waals surface area (Å²) in [6.07, 6.45) is 1.89. The summed E-state index contributed by atoms with van der Waals surface area (Å²) >= 11 is 1.69. The van der Waals surface area contributed by atoms with E-state index in [1.807, 2.05) is 37.4 Å². The van der Waals surface area contributed by atoms with Gasteiger partial charge in [0.05, 0.1) is 18.1 Å². The van der Waals surface area contributed by atoms with Gasteiger partial charge in [-0.15, -0.1) is 35.3 Å². The molecule has 0 bridgehead atoms. The number of guanidine groups is 1. The third-order valence-corrected chi connectivity index (χ3v) is 3.92. The molecule has 0 aliphatic rings. The molecule has 23 heavy (non-hydrogen) atoms. The third-order valence-electron chi connectivity index (χ3n) is 3.01. The highest BCUT2D eigenvalue weighted by atomic mass is 127. The maximum atomic E-state index is 5.67. The smallest absolute Gasteiger partial charge is 0.191 e. The Morgan fingerprint density at radius 2 is 1.96 bits per heavy atom. The Morgan fingerprint density at radius 1 is 1.22 bits per heavy atom. The molecule has 0 amide bonds. The van der Waals surface area contributed by atoms with Gasteiger partial charge in [-0.05, 0) is 26.0 Å². The Kier molecular flexibility index (Phi) is 8.93. The number of rotatable bonds is 6. The van der Waals surface area contributed by atoms with E-state index in [-0.39, 0.29) is 24.0 Å². The van der Waals surface area contributed by atoms with Crippen LogP contribution in [0.3, 0.4) is 0 Å². The first-order valence-corrected chi connectivity index (χ1v) is 8.04. The molecule has 0 radical (unpaired) electrons. The van der Waals surface area contributed by atoms with Crippen molar-refractivity contribution in [2.45, 2.75) is 20.4 Å². The number of ether oxygens (including phenoxy) is 1. The van der Waals surface area contributed by atoms with Crippen LogP contribution in [-0.2, 0) is 6.54 Å². The van der Waals surface area contributed by atoms with Gasteiger partial charge in [-0.2, -0.15) is 0 Å². The molecule has 0 aliphatic heterocycles. The molecule has 0 aliphatic carbocycles. The van der Waals surface area contributed by atoms with E-state index in [0.29, 0.717) is 13.2 Å². The topological polar surface area (TPSA) is 58.5 Å². The zero-order chi connectivity index (χ0) is 15.8. The number of hydrogen-bond acceptors (Lipinski definition) is 4. The van der Waals surface area contributed by atoms with E-state index in [0.717, 1.165) is 23.3 Å². The standard InChI is InChI=1S/C16H22N4OS.HI/c1-12-4-6-14(7-5-12)21-9-8-18-16(17-3)20-11-15-10-19-13(2)22-15;/h4-7,10H,8-9,11H2,1-3H3,(H2,17,18,20);1H. The van der Waals surface area contributed by atoms with Gasteiger partial charge in [-0.1, -0.05) is 17.7 Å². The minimum absolute atomic E-state index is 0. The van der Waals surface area contributed by atoms with E-state index < -0.39 is 0 Å². The number of aliphatic imine (C=N–C) groups is 1. The van der Waals surface area contributed by atoms with Crippen LogP contribution >= 0.6 is 35.3 Å². The Labute approximate surface area is 158 Å². The number of nitrogens with one attached hydrogen (secondary N) is 2. The van der Waals surface area contributed by atoms with Crippen LogP contribution in [0.4, 0.5) is 0 Å². The second kappa shape index (κ2) is 10.4. The van der Waals surface area contributed by atoms with Crippen LogP contribution in [0.5, 0.6) is 5.75 Å². The summed E-state index contributed by atoms with van der Waals surface area (Å²) in [5.74, 6) is 1.65. The molecule has 0 atom stereocenters. The minimum Gasteiger partial charge on any atom is -0.492 e. The third kappa shape index (κ3) is 7.17. The lowest BCUT2D eigenvalue weighted by Crippen LogP contribution is -2.38. The molecular weight excluding hydrogens is 423 g/mol. The van der Waals surface area contributed by atoms with Crippen LogP contribution in [-0.4, -0.2) is 31.1 Å². The van der Waals surface area contributed by atoms with Gasteiger partial charge in [0.2, 0.25) is 0 Å². The molecular formula is C16H23IN4OS. The lowest BCUT2D eigenvalue weighted by atomic mass is 10.2. The van der Waals surface area contributed by atoms with Gasteiger partial charge in [-0.3, -0.25) is 4.99 Å². The van der Waals surface area contributed by atoms with Crippen LogP contribution < -0.4 is 15.4 Å². The molecule has 1 aromatic carbocycles. The number of nitrogens with zero attached hydrogens (tertiary/aromatic N) is 2. The molecule has 2 N–H and O–H groups in total. The molecule has 126 valence electrons. The van der Waals surface area contributed by atoms with Crippen LogP contribution in [0.15, 0.2) is 35.5 Å². The molecule has 2 rings (SSSR count). The van der Waals surface area contributed by atoms with Gasteiger partial charge in [0, 0.05) is 18.1 Å². The molecule has 1 heterocycles. The molecule has 2 aromatic rings. The fraction of sp³-hybridized carbons (Fsp3) is 0.375. The van der Waals surface area contributed by atoms with Crippen LogP contribution in [0.25, 0.3) is 0 Å². The predicted molar refractivity (Wildman–Crippen MR) is 107 cm³/mol. The Balaban J connectivity index is 0.00000264. The van der Waals surface area contributed by atoms with E-state index in [2.05, 4.69) is 27.5 Å². The molecule has 0 saturated heterocycles. The van der Waals surface area contributed by atoms with E-state index in [1.165, 1.54) is 10.4 Å². The number of hydrogen-bond donors (Lipinski definition) is 2. The Hall–Kier alpha value is -1.35.